The van der Waals surface area contributed by atoms with Gasteiger partial charge >= 0.3 is 12.1 Å². The fraction of sp³-hybridized carbons (Fsp3) is 0.353. The van der Waals surface area contributed by atoms with Crippen LogP contribution in [0.15, 0.2) is 48.6 Å². The van der Waals surface area contributed by atoms with Crippen molar-refractivity contribution in [3.8, 4) is 0 Å². The Kier molecular flexibility index (Phi) is 6.63. The fourth-order valence-corrected chi connectivity index (χ4v) is 2.63. The van der Waals surface area contributed by atoms with Crippen molar-refractivity contribution in [1.82, 2.24) is 0 Å². The van der Waals surface area contributed by atoms with Crippen LogP contribution in [0.4, 0.5) is 13.2 Å². The molecule has 2 N–H and O–H groups in total. The third kappa shape index (κ3) is 4.19. The second kappa shape index (κ2) is 7.85. The lowest BCUT2D eigenvalue weighted by molar-refractivity contribution is -0.209. The monoisotopic (exact) mass is 361 g/mol. The van der Waals surface area contributed by atoms with Crippen molar-refractivity contribution in [3.05, 3.63) is 54.1 Å². The van der Waals surface area contributed by atoms with Crippen LogP contribution in [-0.2, 0) is 9.53 Å². The Hall–Kier alpha value is -1.79. The van der Waals surface area contributed by atoms with Crippen molar-refractivity contribution in [3.63, 3.8) is 0 Å². The molecule has 1 aromatic carbocycles. The number of carbonyl (C=O) groups excluding carboxylic acids is 1. The first kappa shape index (κ1) is 20.3. The summed E-state index contributed by atoms with van der Waals surface area (Å²) in [5, 5.41) is 0. The number of ether oxygens (including phenoxy) is 1. The Morgan fingerprint density at radius 3 is 2.42 bits per heavy atom. The van der Waals surface area contributed by atoms with E-state index in [9.17, 15) is 18.0 Å². The number of alkyl halides is 3. The number of carbonyl (C=O) groups is 1. The number of esters is 1. The van der Waals surface area contributed by atoms with Gasteiger partial charge in [0.15, 0.2) is 0 Å². The number of allylic oxidation sites excluding steroid dienone is 4. The summed E-state index contributed by atoms with van der Waals surface area (Å²) in [4.78, 5) is 11.4. The predicted molar refractivity (Wildman–Crippen MR) is 88.5 cm³/mol. The highest BCUT2D eigenvalue weighted by molar-refractivity contribution is 5.85. The molecule has 0 bridgehead atoms. The Labute approximate surface area is 144 Å². The van der Waals surface area contributed by atoms with Gasteiger partial charge in [0, 0.05) is 0 Å². The summed E-state index contributed by atoms with van der Waals surface area (Å²) in [5.41, 5.74) is 4.97. The largest absolute Gasteiger partial charge is 0.468 e. The Morgan fingerprint density at radius 2 is 1.96 bits per heavy atom. The standard InChI is InChI=1S/C17H18F3NO2.ClH/c1-23-15(22)14(21)11-16(17(18,19)20)9-7-13(8-10-16)12-5-3-2-4-6-12;/h2-9,14H,10-11,21H2,1H3;1H. The van der Waals surface area contributed by atoms with E-state index in [-0.39, 0.29) is 18.8 Å². The quantitative estimate of drug-likeness (QED) is 0.828. The van der Waals surface area contributed by atoms with Gasteiger partial charge in [0.1, 0.15) is 6.04 Å². The van der Waals surface area contributed by atoms with Crippen LogP contribution in [0.2, 0.25) is 0 Å². The van der Waals surface area contributed by atoms with Gasteiger partial charge in [-0.25, -0.2) is 0 Å². The van der Waals surface area contributed by atoms with Gasteiger partial charge < -0.3 is 10.5 Å². The zero-order valence-electron chi connectivity index (χ0n) is 13.0. The topological polar surface area (TPSA) is 52.3 Å². The highest BCUT2D eigenvalue weighted by atomic mass is 35.5. The van der Waals surface area contributed by atoms with Crippen LogP contribution in [0.5, 0.6) is 0 Å². The molecule has 0 fully saturated rings. The van der Waals surface area contributed by atoms with Gasteiger partial charge in [-0.15, -0.1) is 12.4 Å². The molecule has 0 saturated heterocycles. The average molecular weight is 362 g/mol. The van der Waals surface area contributed by atoms with Crippen molar-refractivity contribution in [2.24, 2.45) is 11.1 Å². The summed E-state index contributed by atoms with van der Waals surface area (Å²) in [6, 6.07) is 7.82. The maximum atomic E-state index is 13.6. The smallest absolute Gasteiger partial charge is 0.398 e. The summed E-state index contributed by atoms with van der Waals surface area (Å²) in [7, 11) is 1.10. The fourth-order valence-electron chi connectivity index (χ4n) is 2.63. The molecule has 0 spiro atoms. The number of nitrogens with two attached hydrogens (primary N) is 1. The number of rotatable bonds is 4. The van der Waals surface area contributed by atoms with E-state index in [1.54, 1.807) is 0 Å². The number of hydrogen-bond donors (Lipinski definition) is 1. The number of methoxy groups -OCH3 is 1. The van der Waals surface area contributed by atoms with E-state index in [4.69, 9.17) is 5.73 Å². The van der Waals surface area contributed by atoms with E-state index in [1.807, 2.05) is 30.3 Å². The Bertz CT molecular complexity index is 628. The third-order valence-corrected chi connectivity index (χ3v) is 4.03. The molecule has 1 aromatic rings. The van der Waals surface area contributed by atoms with Crippen molar-refractivity contribution in [1.29, 1.82) is 0 Å². The Balaban J connectivity index is 0.00000288. The molecule has 1 aliphatic rings. The molecule has 2 unspecified atom stereocenters. The van der Waals surface area contributed by atoms with Gasteiger partial charge in [-0.1, -0.05) is 48.6 Å². The van der Waals surface area contributed by atoms with Gasteiger partial charge in [-0.2, -0.15) is 13.2 Å². The lowest BCUT2D eigenvalue weighted by Crippen LogP contribution is -2.45. The van der Waals surface area contributed by atoms with E-state index in [0.29, 0.717) is 0 Å². The minimum Gasteiger partial charge on any atom is -0.468 e. The summed E-state index contributed by atoms with van der Waals surface area (Å²) < 4.78 is 45.1. The summed E-state index contributed by atoms with van der Waals surface area (Å²) in [6.45, 7) is 0. The van der Waals surface area contributed by atoms with E-state index < -0.39 is 30.0 Å². The minimum absolute atomic E-state index is 0. The summed E-state index contributed by atoms with van der Waals surface area (Å²) in [5.74, 6) is -0.847. The van der Waals surface area contributed by atoms with Gasteiger partial charge in [-0.3, -0.25) is 4.79 Å². The van der Waals surface area contributed by atoms with Gasteiger partial charge in [-0.05, 0) is 24.0 Å². The number of benzene rings is 1. The van der Waals surface area contributed by atoms with E-state index >= 15 is 0 Å². The molecule has 1 aliphatic carbocycles. The Morgan fingerprint density at radius 1 is 1.33 bits per heavy atom. The van der Waals surface area contributed by atoms with E-state index in [0.717, 1.165) is 24.3 Å². The zero-order valence-corrected chi connectivity index (χ0v) is 13.9. The zero-order chi connectivity index (χ0) is 17.1. The first-order chi connectivity index (χ1) is 10.8. The van der Waals surface area contributed by atoms with Crippen LogP contribution >= 0.6 is 12.4 Å². The van der Waals surface area contributed by atoms with Crippen LogP contribution in [-0.4, -0.2) is 25.3 Å². The molecule has 0 radical (unpaired) electrons. The molecule has 3 nitrogen and oxygen atoms in total. The molecule has 0 aliphatic heterocycles. The normalized spacial score (nSPS) is 21.5. The predicted octanol–water partition coefficient (Wildman–Crippen LogP) is 3.89. The number of halogens is 4. The molecule has 2 atom stereocenters. The molecular weight excluding hydrogens is 343 g/mol. The lowest BCUT2D eigenvalue weighted by Gasteiger charge is -2.35. The SMILES string of the molecule is COC(=O)C(N)CC1(C(F)(F)F)C=CC(c2ccccc2)=CC1.Cl. The highest BCUT2D eigenvalue weighted by Crippen LogP contribution is 2.49. The molecule has 0 aromatic heterocycles. The van der Waals surface area contributed by atoms with Crippen LogP contribution in [0.3, 0.4) is 0 Å². The van der Waals surface area contributed by atoms with Gasteiger partial charge in [0.2, 0.25) is 0 Å². The maximum Gasteiger partial charge on any atom is 0.398 e. The van der Waals surface area contributed by atoms with E-state index in [1.165, 1.54) is 12.2 Å². The maximum absolute atomic E-state index is 13.6. The van der Waals surface area contributed by atoms with Gasteiger partial charge in [0.25, 0.3) is 0 Å². The summed E-state index contributed by atoms with van der Waals surface area (Å²) >= 11 is 0. The molecular formula is C17H19ClF3NO2. The lowest BCUT2D eigenvalue weighted by atomic mass is 9.74. The molecule has 132 valence electrons. The van der Waals surface area contributed by atoms with Gasteiger partial charge in [0.05, 0.1) is 12.5 Å². The van der Waals surface area contributed by atoms with E-state index in [2.05, 4.69) is 4.74 Å². The first-order valence-electron chi connectivity index (χ1n) is 7.14. The van der Waals surface area contributed by atoms with Crippen LogP contribution in [0, 0.1) is 5.41 Å². The molecule has 2 rings (SSSR count). The summed E-state index contributed by atoms with van der Waals surface area (Å²) in [6.07, 6.45) is -1.23. The van der Waals surface area contributed by atoms with Crippen molar-refractivity contribution >= 4 is 23.9 Å². The van der Waals surface area contributed by atoms with Crippen LogP contribution in [0.25, 0.3) is 5.57 Å². The molecule has 7 heteroatoms. The van der Waals surface area contributed by atoms with Crippen LogP contribution in [0.1, 0.15) is 18.4 Å². The average Bonchev–Trinajstić information content (AvgIpc) is 2.54. The van der Waals surface area contributed by atoms with Crippen molar-refractivity contribution in [2.75, 3.05) is 7.11 Å². The second-order valence-corrected chi connectivity index (χ2v) is 5.55. The van der Waals surface area contributed by atoms with Crippen molar-refractivity contribution < 1.29 is 22.7 Å². The number of hydrogen-bond acceptors (Lipinski definition) is 3. The molecule has 0 saturated carbocycles. The van der Waals surface area contributed by atoms with Crippen LogP contribution < -0.4 is 5.73 Å². The second-order valence-electron chi connectivity index (χ2n) is 5.55. The molecule has 24 heavy (non-hydrogen) atoms. The molecule has 0 amide bonds. The minimum atomic E-state index is -4.51. The van der Waals surface area contributed by atoms with Crippen molar-refractivity contribution in [2.45, 2.75) is 25.1 Å². The highest BCUT2D eigenvalue weighted by Gasteiger charge is 2.54. The molecule has 0 heterocycles. The first-order valence-corrected chi connectivity index (χ1v) is 7.14. The third-order valence-electron chi connectivity index (χ3n) is 4.03.